The minimum Gasteiger partial charge on any atom is -0.497 e. The Morgan fingerprint density at radius 1 is 0.326 bits per heavy atom. The first-order valence-corrected chi connectivity index (χ1v) is 30.3. The molecule has 458 valence electrons. The second-order valence-corrected chi connectivity index (χ2v) is 20.7. The van der Waals surface area contributed by atoms with Crippen molar-refractivity contribution >= 4 is 45.8 Å². The normalized spacial score (nSPS) is 11.9. The number of hydrogen-bond acceptors (Lipinski definition) is 9. The fourth-order valence-corrected chi connectivity index (χ4v) is 9.41. The molecule has 0 aliphatic heterocycles. The first-order chi connectivity index (χ1) is 45.3. The summed E-state index contributed by atoms with van der Waals surface area (Å²) in [5.74, 6) is 16.7. The molecule has 0 spiro atoms. The van der Waals surface area contributed by atoms with Gasteiger partial charge in [-0.15, -0.1) is 0 Å². The number of aliphatic imine (C=N–C) groups is 4. The van der Waals surface area contributed by atoms with Crippen molar-refractivity contribution in [3.8, 4) is 23.0 Å². The van der Waals surface area contributed by atoms with E-state index in [4.69, 9.17) is 43.7 Å². The van der Waals surface area contributed by atoms with Crippen molar-refractivity contribution in [3.05, 3.63) is 358 Å². The summed E-state index contributed by atoms with van der Waals surface area (Å²) in [6.45, 7) is 4.45. The van der Waals surface area contributed by atoms with Crippen molar-refractivity contribution < 1.29 is 23.7 Å². The Morgan fingerprint density at radius 2 is 0.576 bits per heavy atom. The third kappa shape index (κ3) is 20.9. The van der Waals surface area contributed by atoms with Gasteiger partial charge in [0.2, 0.25) is 0 Å². The Balaban J connectivity index is 1.18. The minimum absolute atomic E-state index is 0.453. The molecule has 0 bridgehead atoms. The number of benzene rings is 8. The van der Waals surface area contributed by atoms with E-state index in [0.29, 0.717) is 37.3 Å². The highest BCUT2D eigenvalue weighted by Crippen LogP contribution is 2.28. The highest BCUT2D eigenvalue weighted by atomic mass is 16.5. The molecule has 0 aromatic heterocycles. The van der Waals surface area contributed by atoms with E-state index in [1.807, 2.05) is 214 Å². The molecule has 0 radical (unpaired) electrons. The van der Waals surface area contributed by atoms with Crippen LogP contribution in [0.2, 0.25) is 0 Å². The van der Waals surface area contributed by atoms with Gasteiger partial charge in [-0.3, -0.25) is 0 Å². The van der Waals surface area contributed by atoms with Crippen LogP contribution in [0, 0.1) is 0 Å². The summed E-state index contributed by atoms with van der Waals surface area (Å²) in [7, 11) is 8.35. The molecule has 0 heterocycles. The Labute approximate surface area is 542 Å². The molecule has 0 saturated heterocycles. The van der Waals surface area contributed by atoms with Gasteiger partial charge in [0.1, 0.15) is 23.0 Å². The van der Waals surface area contributed by atoms with Gasteiger partial charge in [-0.25, -0.2) is 20.0 Å². The number of hydrogen-bond donors (Lipinski definition) is 0. The quantitative estimate of drug-likeness (QED) is 0.0360. The average Bonchev–Trinajstić information content (AvgIpc) is 1.65. The van der Waals surface area contributed by atoms with E-state index >= 15 is 0 Å². The maximum atomic E-state index is 5.52. The molecule has 0 amide bonds. The molecule has 9 nitrogen and oxygen atoms in total. The van der Waals surface area contributed by atoms with Gasteiger partial charge in [0.05, 0.1) is 80.1 Å². The van der Waals surface area contributed by atoms with Crippen molar-refractivity contribution in [2.45, 2.75) is 33.1 Å². The van der Waals surface area contributed by atoms with Gasteiger partial charge in [0, 0.05) is 7.11 Å². The predicted molar refractivity (Wildman–Crippen MR) is 382 cm³/mol. The maximum Gasteiger partial charge on any atom is 0.118 e. The molecule has 92 heavy (non-hydrogen) atoms. The third-order valence-corrected chi connectivity index (χ3v) is 14.3. The summed E-state index contributed by atoms with van der Waals surface area (Å²) in [5, 5.41) is 0. The molecule has 9 heteroatoms. The van der Waals surface area contributed by atoms with Crippen LogP contribution in [0.3, 0.4) is 0 Å². The second-order valence-electron chi connectivity index (χ2n) is 20.7. The third-order valence-electron chi connectivity index (χ3n) is 14.3. The zero-order valence-electron chi connectivity index (χ0n) is 53.3. The van der Waals surface area contributed by atoms with E-state index in [1.165, 1.54) is 0 Å². The Bertz CT molecular complexity index is 4220. The van der Waals surface area contributed by atoms with Crippen molar-refractivity contribution in [2.24, 2.45) is 20.0 Å². The number of methoxy groups -OCH3 is 5. The highest BCUT2D eigenvalue weighted by molar-refractivity contribution is 6.01. The molecule has 0 unspecified atom stereocenters. The molecule has 0 aliphatic rings. The van der Waals surface area contributed by atoms with Gasteiger partial charge in [-0.05, 0) is 228 Å². The molecule has 8 aromatic carbocycles. The van der Waals surface area contributed by atoms with Crippen LogP contribution < -0.4 is 18.9 Å². The zero-order valence-corrected chi connectivity index (χ0v) is 53.3. The standard InChI is InChI=1S/C83H76N4O5/c1-8-72(84-58-80(64-27-13-9-14-28-64)68-41-49-76(89-4)50-42-68)35-21-22-36-73(85-59-81(65-29-15-10-16-30-65)69-43-51-77(90-5)52-44-69)37-23-24-38-74(86-60-82(66-31-17-11-18-32-66)70-45-53-78(91-6)54-46-70)39-25-26-40-75(57-63(2)62-88-3)87-61-83(67-33-19-12-20-34-67)71-47-55-79(92-7)56-48-71/h8-21,23,25,27-57H,22,24,26,62H2,1-7H3/b35-21-,37-23-,39-25-,63-57-,72-8+,73-36+,74-38+,75-40+. The van der Waals surface area contributed by atoms with E-state index in [2.05, 4.69) is 108 Å². The average molecular weight is 1210 g/mol. The number of allylic oxidation sites excluding steroid dienone is 11. The van der Waals surface area contributed by atoms with Gasteiger partial charge in [0.15, 0.2) is 0 Å². The summed E-state index contributed by atoms with van der Waals surface area (Å²) in [6.07, 6.45) is 24.1. The van der Waals surface area contributed by atoms with Crippen molar-refractivity contribution in [1.82, 2.24) is 0 Å². The van der Waals surface area contributed by atoms with Crippen LogP contribution >= 0.6 is 0 Å². The molecule has 0 saturated carbocycles. The lowest BCUT2D eigenvalue weighted by Crippen LogP contribution is -1.92. The van der Waals surface area contributed by atoms with E-state index in [-0.39, 0.29) is 0 Å². The summed E-state index contributed by atoms with van der Waals surface area (Å²) in [5.41, 5.74) is 15.1. The fraction of sp³-hybridized carbons (Fsp3) is 0.133. The van der Waals surface area contributed by atoms with Gasteiger partial charge in [-0.2, -0.15) is 0 Å². The van der Waals surface area contributed by atoms with Crippen LogP contribution in [-0.2, 0) is 4.74 Å². The summed E-state index contributed by atoms with van der Waals surface area (Å²) >= 11 is 0. The fourth-order valence-electron chi connectivity index (χ4n) is 9.41. The predicted octanol–water partition coefficient (Wildman–Crippen LogP) is 19.2. The highest BCUT2D eigenvalue weighted by Gasteiger charge is 2.10. The number of nitrogens with zero attached hydrogens (tertiary/aromatic N) is 4. The van der Waals surface area contributed by atoms with E-state index in [0.717, 1.165) is 107 Å². The zero-order chi connectivity index (χ0) is 64.4. The first kappa shape index (κ1) is 66.6. The Hall–Kier alpha value is -11.4. The molecule has 0 N–H and O–H groups in total. The summed E-state index contributed by atoms with van der Waals surface area (Å²) in [4.78, 5) is 20.0. The maximum absolute atomic E-state index is 5.52. The lowest BCUT2D eigenvalue weighted by atomic mass is 9.99. The molecular formula is C83H76N4O5. The van der Waals surface area contributed by atoms with Crippen molar-refractivity contribution in [1.29, 1.82) is 0 Å². The van der Waals surface area contributed by atoms with Crippen molar-refractivity contribution in [3.63, 3.8) is 0 Å². The van der Waals surface area contributed by atoms with Crippen LogP contribution in [0.15, 0.2) is 334 Å². The van der Waals surface area contributed by atoms with Gasteiger partial charge in [0.25, 0.3) is 0 Å². The van der Waals surface area contributed by atoms with Crippen LogP contribution in [0.25, 0.3) is 22.3 Å². The smallest absolute Gasteiger partial charge is 0.118 e. The van der Waals surface area contributed by atoms with E-state index in [9.17, 15) is 0 Å². The Morgan fingerprint density at radius 3 is 0.848 bits per heavy atom. The number of rotatable bonds is 28. The van der Waals surface area contributed by atoms with Crippen molar-refractivity contribution in [2.75, 3.05) is 42.2 Å². The van der Waals surface area contributed by atoms with Gasteiger partial charge < -0.3 is 23.7 Å². The molecule has 0 aliphatic carbocycles. The lowest BCUT2D eigenvalue weighted by molar-refractivity contribution is 0.226. The molecular weight excluding hydrogens is 1130 g/mol. The number of ether oxygens (including phenoxy) is 5. The molecule has 8 rings (SSSR count). The monoisotopic (exact) mass is 1210 g/mol. The van der Waals surface area contributed by atoms with Crippen LogP contribution in [0.1, 0.15) is 77.6 Å². The van der Waals surface area contributed by atoms with E-state index in [1.54, 1.807) is 35.5 Å². The second kappa shape index (κ2) is 36.8. The summed E-state index contributed by atoms with van der Waals surface area (Å²) < 4.78 is 27.5. The van der Waals surface area contributed by atoms with Gasteiger partial charge >= 0.3 is 0 Å². The van der Waals surface area contributed by atoms with Gasteiger partial charge in [-0.1, -0.05) is 164 Å². The van der Waals surface area contributed by atoms with Crippen LogP contribution in [0.4, 0.5) is 0 Å². The SMILES string of the molecule is C/C=C(\C=C/C/C=C(\C=C/C/C=C(\C=C/C/C=C(\C=C(\C)COC)N=C=C(c1ccccc1)c1ccc(OC)cc1)N=C=C(c1ccccc1)c1ccc(OC)cc1)N=C=C(c1ccccc1)c1ccc(OC)cc1)N=C=C(c1ccccc1)c1ccc(OC)cc1. The Kier molecular flexibility index (Phi) is 26.7. The summed E-state index contributed by atoms with van der Waals surface area (Å²) in [6, 6.07) is 72.4. The molecule has 0 fully saturated rings. The molecule has 8 aromatic rings. The first-order valence-electron chi connectivity index (χ1n) is 30.3. The lowest BCUT2D eigenvalue weighted by Gasteiger charge is -2.07. The minimum atomic E-state index is 0.453. The topological polar surface area (TPSA) is 95.6 Å². The van der Waals surface area contributed by atoms with Crippen LogP contribution in [-0.4, -0.2) is 65.6 Å². The van der Waals surface area contributed by atoms with Crippen LogP contribution in [0.5, 0.6) is 23.0 Å². The molecule has 0 atom stereocenters. The largest absolute Gasteiger partial charge is 0.497 e. The van der Waals surface area contributed by atoms with E-state index < -0.39 is 0 Å².